The lowest BCUT2D eigenvalue weighted by Crippen LogP contribution is -2.32. The molecule has 0 saturated carbocycles. The van der Waals surface area contributed by atoms with Crippen molar-refractivity contribution in [3.05, 3.63) is 28.8 Å². The molecule has 0 heterocycles. The predicted molar refractivity (Wildman–Crippen MR) is 79.1 cm³/mol. The molecule has 108 valence electrons. The summed E-state index contributed by atoms with van der Waals surface area (Å²) >= 11 is 5.93. The first-order chi connectivity index (χ1) is 9.30. The molecule has 1 amide bonds. The van der Waals surface area contributed by atoms with Gasteiger partial charge < -0.3 is 14.8 Å². The summed E-state index contributed by atoms with van der Waals surface area (Å²) in [6.45, 7) is 5.60. The summed E-state index contributed by atoms with van der Waals surface area (Å²) in [7, 11) is 1.56. The molecule has 0 bridgehead atoms. The second-order valence-electron chi connectivity index (χ2n) is 5.04. The van der Waals surface area contributed by atoms with E-state index in [1.54, 1.807) is 46.1 Å². The maximum absolute atomic E-state index is 11.4. The molecule has 1 aromatic carbocycles. The van der Waals surface area contributed by atoms with Crippen LogP contribution in [0.25, 0.3) is 0 Å². The van der Waals surface area contributed by atoms with Crippen LogP contribution in [0.15, 0.2) is 18.2 Å². The molecule has 0 aliphatic carbocycles. The van der Waals surface area contributed by atoms with Crippen molar-refractivity contribution in [1.29, 1.82) is 0 Å². The van der Waals surface area contributed by atoms with Crippen LogP contribution in [0.3, 0.4) is 0 Å². The van der Waals surface area contributed by atoms with Crippen LogP contribution in [0, 0.1) is 11.8 Å². The topological polar surface area (TPSA) is 47.6 Å². The number of benzene rings is 1. The van der Waals surface area contributed by atoms with Gasteiger partial charge in [0.2, 0.25) is 0 Å². The van der Waals surface area contributed by atoms with Crippen molar-refractivity contribution in [2.75, 3.05) is 13.7 Å². The van der Waals surface area contributed by atoms with Gasteiger partial charge in [-0.05, 0) is 39.0 Å². The summed E-state index contributed by atoms with van der Waals surface area (Å²) in [6.07, 6.45) is -0.490. The molecule has 20 heavy (non-hydrogen) atoms. The molecule has 0 aliphatic heterocycles. The van der Waals surface area contributed by atoms with Gasteiger partial charge in [-0.3, -0.25) is 0 Å². The third kappa shape index (κ3) is 6.35. The second kappa shape index (κ2) is 7.06. The van der Waals surface area contributed by atoms with E-state index >= 15 is 0 Å². The van der Waals surface area contributed by atoms with Gasteiger partial charge in [-0.15, -0.1) is 0 Å². The molecular formula is C15H18ClNO3. The number of halogens is 1. The Kier molecular flexibility index (Phi) is 5.72. The maximum Gasteiger partial charge on any atom is 0.408 e. The zero-order valence-electron chi connectivity index (χ0n) is 12.0. The van der Waals surface area contributed by atoms with E-state index in [0.717, 1.165) is 5.56 Å². The first-order valence-electron chi connectivity index (χ1n) is 6.10. The third-order valence-corrected chi connectivity index (χ3v) is 2.28. The molecule has 0 saturated heterocycles. The number of amides is 1. The molecule has 0 fully saturated rings. The number of ether oxygens (including phenoxy) is 2. The Morgan fingerprint density at radius 3 is 2.65 bits per heavy atom. The lowest BCUT2D eigenvalue weighted by molar-refractivity contribution is 0.0535. The van der Waals surface area contributed by atoms with Crippen LogP contribution in [0.1, 0.15) is 26.3 Å². The van der Waals surface area contributed by atoms with Crippen LogP contribution < -0.4 is 10.1 Å². The lowest BCUT2D eigenvalue weighted by Gasteiger charge is -2.19. The summed E-state index contributed by atoms with van der Waals surface area (Å²) in [6, 6.07) is 5.20. The van der Waals surface area contributed by atoms with Crippen molar-refractivity contribution < 1.29 is 14.3 Å². The van der Waals surface area contributed by atoms with Crippen LogP contribution in [-0.2, 0) is 4.74 Å². The van der Waals surface area contributed by atoms with Gasteiger partial charge in [-0.1, -0.05) is 23.4 Å². The minimum atomic E-state index is -0.516. The second-order valence-corrected chi connectivity index (χ2v) is 5.47. The van der Waals surface area contributed by atoms with Crippen LogP contribution >= 0.6 is 11.6 Å². The van der Waals surface area contributed by atoms with Crippen molar-refractivity contribution in [3.8, 4) is 17.6 Å². The van der Waals surface area contributed by atoms with E-state index in [0.29, 0.717) is 10.8 Å². The fraction of sp³-hybridized carbons (Fsp3) is 0.400. The van der Waals surface area contributed by atoms with E-state index in [1.165, 1.54) is 0 Å². The molecule has 0 aliphatic rings. The summed E-state index contributed by atoms with van der Waals surface area (Å²) in [5.41, 5.74) is 0.206. The SMILES string of the molecule is COc1cc(Cl)cc(C#CCNC(=O)OC(C)(C)C)c1. The van der Waals surface area contributed by atoms with Crippen molar-refractivity contribution in [2.24, 2.45) is 0 Å². The molecule has 0 unspecified atom stereocenters. The van der Waals surface area contributed by atoms with E-state index in [2.05, 4.69) is 17.2 Å². The molecule has 5 heteroatoms. The van der Waals surface area contributed by atoms with E-state index in [9.17, 15) is 4.79 Å². The number of alkyl carbamates (subject to hydrolysis) is 1. The molecule has 0 atom stereocenters. The van der Waals surface area contributed by atoms with E-state index in [1.807, 2.05) is 0 Å². The Morgan fingerprint density at radius 1 is 1.35 bits per heavy atom. The number of carbonyl (C=O) groups excluding carboxylic acids is 1. The molecule has 0 aromatic heterocycles. The standard InChI is InChI=1S/C15H18ClNO3/c1-15(2,3)20-14(18)17-7-5-6-11-8-12(16)10-13(9-11)19-4/h8-10H,7H2,1-4H3,(H,17,18). The highest BCUT2D eigenvalue weighted by Gasteiger charge is 2.14. The molecule has 1 rings (SSSR count). The van der Waals surface area contributed by atoms with Gasteiger partial charge in [0.05, 0.1) is 13.7 Å². The molecule has 1 N–H and O–H groups in total. The highest BCUT2D eigenvalue weighted by Crippen LogP contribution is 2.19. The van der Waals surface area contributed by atoms with Gasteiger partial charge in [0.15, 0.2) is 0 Å². The lowest BCUT2D eigenvalue weighted by atomic mass is 10.2. The number of rotatable bonds is 2. The molecule has 0 spiro atoms. The van der Waals surface area contributed by atoms with E-state index < -0.39 is 11.7 Å². The van der Waals surface area contributed by atoms with Gasteiger partial charge in [0.1, 0.15) is 11.4 Å². The minimum absolute atomic E-state index is 0.198. The number of hydrogen-bond donors (Lipinski definition) is 1. The van der Waals surface area contributed by atoms with Gasteiger partial charge in [-0.2, -0.15) is 0 Å². The smallest absolute Gasteiger partial charge is 0.408 e. The Labute approximate surface area is 124 Å². The Morgan fingerprint density at radius 2 is 2.05 bits per heavy atom. The minimum Gasteiger partial charge on any atom is -0.497 e. The van der Waals surface area contributed by atoms with Crippen molar-refractivity contribution in [1.82, 2.24) is 5.32 Å². The van der Waals surface area contributed by atoms with Crippen molar-refractivity contribution >= 4 is 17.7 Å². The monoisotopic (exact) mass is 295 g/mol. The van der Waals surface area contributed by atoms with Gasteiger partial charge >= 0.3 is 6.09 Å². The highest BCUT2D eigenvalue weighted by molar-refractivity contribution is 6.30. The van der Waals surface area contributed by atoms with Crippen LogP contribution in [0.2, 0.25) is 5.02 Å². The highest BCUT2D eigenvalue weighted by atomic mass is 35.5. The third-order valence-electron chi connectivity index (χ3n) is 2.06. The van der Waals surface area contributed by atoms with Crippen molar-refractivity contribution in [2.45, 2.75) is 26.4 Å². The Hall–Kier alpha value is -1.86. The van der Waals surface area contributed by atoms with Gasteiger partial charge in [0, 0.05) is 10.6 Å². The molecule has 1 aromatic rings. The van der Waals surface area contributed by atoms with E-state index in [-0.39, 0.29) is 6.54 Å². The molecule has 0 radical (unpaired) electrons. The van der Waals surface area contributed by atoms with Crippen molar-refractivity contribution in [3.63, 3.8) is 0 Å². The first-order valence-corrected chi connectivity index (χ1v) is 6.48. The van der Waals surface area contributed by atoms with Crippen LogP contribution in [0.5, 0.6) is 5.75 Å². The Balaban J connectivity index is 2.55. The predicted octanol–water partition coefficient (Wildman–Crippen LogP) is 3.22. The first kappa shape index (κ1) is 16.2. The molecular weight excluding hydrogens is 278 g/mol. The average molecular weight is 296 g/mol. The van der Waals surface area contributed by atoms with Gasteiger partial charge in [-0.25, -0.2) is 4.79 Å². The average Bonchev–Trinajstić information content (AvgIpc) is 2.32. The summed E-state index contributed by atoms with van der Waals surface area (Å²) in [4.78, 5) is 11.4. The van der Waals surface area contributed by atoms with E-state index in [4.69, 9.17) is 21.1 Å². The number of nitrogens with one attached hydrogen (secondary N) is 1. The number of hydrogen-bond acceptors (Lipinski definition) is 3. The summed E-state index contributed by atoms with van der Waals surface area (Å²) in [5, 5.41) is 3.10. The number of carbonyl (C=O) groups is 1. The Bertz CT molecular complexity index is 538. The zero-order valence-corrected chi connectivity index (χ0v) is 12.8. The number of methoxy groups -OCH3 is 1. The van der Waals surface area contributed by atoms with Gasteiger partial charge in [0.25, 0.3) is 0 Å². The largest absolute Gasteiger partial charge is 0.497 e. The fourth-order valence-corrected chi connectivity index (χ4v) is 1.55. The summed E-state index contributed by atoms with van der Waals surface area (Å²) < 4.78 is 10.2. The summed E-state index contributed by atoms with van der Waals surface area (Å²) in [5.74, 6) is 6.36. The maximum atomic E-state index is 11.4. The van der Waals surface area contributed by atoms with Crippen LogP contribution in [0.4, 0.5) is 4.79 Å². The fourth-order valence-electron chi connectivity index (χ4n) is 1.33. The normalized spacial score (nSPS) is 10.2. The van der Waals surface area contributed by atoms with Crippen LogP contribution in [-0.4, -0.2) is 25.3 Å². The quantitative estimate of drug-likeness (QED) is 0.852. The molecule has 4 nitrogen and oxygen atoms in total. The zero-order chi connectivity index (χ0) is 15.2.